The molecule has 3 aliphatic rings. The lowest BCUT2D eigenvalue weighted by molar-refractivity contribution is -0.139. The van der Waals surface area contributed by atoms with E-state index in [-0.39, 0.29) is 48.4 Å². The molecule has 2 heterocycles. The fourth-order valence-corrected chi connectivity index (χ4v) is 8.01. The maximum absolute atomic E-state index is 14.0. The number of hydrogen-bond donors (Lipinski definition) is 0. The topological polar surface area (TPSA) is 62.3 Å². The Bertz CT molecular complexity index is 1710. The number of piperidine rings is 1. The number of nitrogens with zero attached hydrogens (tertiary/aromatic N) is 3. The summed E-state index contributed by atoms with van der Waals surface area (Å²) in [6.07, 6.45) is -1.21. The van der Waals surface area contributed by atoms with E-state index in [1.54, 1.807) is 24.1 Å². The average molecular weight is 714 g/mol. The molecule has 1 spiro atoms. The first-order chi connectivity index (χ1) is 24.4. The summed E-state index contributed by atoms with van der Waals surface area (Å²) in [6, 6.07) is 16.8. The maximum atomic E-state index is 14.0. The Labute approximate surface area is 295 Å². The molecule has 2 saturated heterocycles. The van der Waals surface area contributed by atoms with Gasteiger partial charge in [-0.1, -0.05) is 43.3 Å². The van der Waals surface area contributed by atoms with Crippen molar-refractivity contribution in [2.45, 2.75) is 69.0 Å². The second kappa shape index (κ2) is 15.0. The molecule has 0 N–H and O–H groups in total. The Morgan fingerprint density at radius 1 is 1.04 bits per heavy atom. The van der Waals surface area contributed by atoms with Gasteiger partial charge in [0.25, 0.3) is 5.91 Å². The second-order valence-corrected chi connectivity index (χ2v) is 14.1. The number of likely N-dealkylation sites (tertiary alicyclic amines) is 1. The molecular formula is C39H44F5N3O4. The number of alkyl halides is 4. The molecule has 1 aliphatic carbocycles. The van der Waals surface area contributed by atoms with Gasteiger partial charge in [0.15, 0.2) is 0 Å². The Morgan fingerprint density at radius 2 is 1.76 bits per heavy atom. The second-order valence-electron chi connectivity index (χ2n) is 14.1. The van der Waals surface area contributed by atoms with Crippen LogP contribution in [0, 0.1) is 5.82 Å². The molecule has 2 atom stereocenters. The summed E-state index contributed by atoms with van der Waals surface area (Å²) in [7, 11) is 1.79. The van der Waals surface area contributed by atoms with Crippen molar-refractivity contribution in [2.24, 2.45) is 0 Å². The third-order valence-corrected chi connectivity index (χ3v) is 10.9. The minimum atomic E-state index is -4.75. The van der Waals surface area contributed by atoms with E-state index in [9.17, 15) is 31.5 Å². The number of likely N-dealkylation sites (N-methyl/N-ethyl adjacent to an activating group) is 1. The lowest BCUT2D eigenvalue weighted by Gasteiger charge is -2.44. The van der Waals surface area contributed by atoms with Crippen LogP contribution in [0.2, 0.25) is 0 Å². The largest absolute Gasteiger partial charge is 0.416 e. The highest BCUT2D eigenvalue weighted by atomic mass is 19.4. The van der Waals surface area contributed by atoms with Gasteiger partial charge in [0.2, 0.25) is 5.91 Å². The molecule has 0 radical (unpaired) electrons. The van der Waals surface area contributed by atoms with E-state index in [4.69, 9.17) is 9.47 Å². The molecule has 3 aromatic carbocycles. The van der Waals surface area contributed by atoms with E-state index < -0.39 is 35.7 Å². The van der Waals surface area contributed by atoms with Crippen LogP contribution in [0.5, 0.6) is 0 Å². The first-order valence-electron chi connectivity index (χ1n) is 17.5. The van der Waals surface area contributed by atoms with Gasteiger partial charge >= 0.3 is 6.18 Å². The Hall–Kier alpha value is -3.87. The van der Waals surface area contributed by atoms with Gasteiger partial charge in [0.1, 0.15) is 31.4 Å². The fraction of sp³-hybridized carbons (Fsp3) is 0.487. The summed E-state index contributed by atoms with van der Waals surface area (Å²) in [5.74, 6) is -1.17. The van der Waals surface area contributed by atoms with E-state index in [1.165, 1.54) is 28.2 Å². The van der Waals surface area contributed by atoms with Crippen LogP contribution in [0.1, 0.15) is 70.8 Å². The molecule has 0 aromatic heterocycles. The van der Waals surface area contributed by atoms with Gasteiger partial charge in [-0.2, -0.15) is 13.2 Å². The van der Waals surface area contributed by atoms with E-state index in [0.717, 1.165) is 50.9 Å². The normalized spacial score (nSPS) is 21.6. The van der Waals surface area contributed by atoms with E-state index in [0.29, 0.717) is 31.1 Å². The average Bonchev–Trinajstić information content (AvgIpc) is 3.70. The summed E-state index contributed by atoms with van der Waals surface area (Å²) in [5.41, 5.74) is 0.272. The highest BCUT2D eigenvalue weighted by Gasteiger charge is 2.50. The highest BCUT2D eigenvalue weighted by Crippen LogP contribution is 2.48. The van der Waals surface area contributed by atoms with Crippen molar-refractivity contribution in [1.29, 1.82) is 0 Å². The van der Waals surface area contributed by atoms with E-state index in [2.05, 4.69) is 17.0 Å². The van der Waals surface area contributed by atoms with Gasteiger partial charge < -0.3 is 24.2 Å². The first kappa shape index (κ1) is 36.9. The minimum Gasteiger partial charge on any atom is -0.367 e. The number of ether oxygens (including phenoxy) is 2. The van der Waals surface area contributed by atoms with Crippen LogP contribution in [0.25, 0.3) is 0 Å². The molecule has 0 bridgehead atoms. The smallest absolute Gasteiger partial charge is 0.367 e. The molecule has 2 fully saturated rings. The molecule has 274 valence electrons. The monoisotopic (exact) mass is 713 g/mol. The standard InChI is InChI=1S/C39H44F5N3O4/c1-3-15-45(2)35(48)24-50-34-22-28-6-4-5-7-33(28)37(34)12-16-46(17-13-37)18-14-38(30-8-10-32(41)11-9-30)25-47(26-51-38)36(49)29-19-27(23-40)20-31(21-29)39(42,43)44/h4-11,19-21,34H,3,12-18,22-26H2,1-2H3/t34-,38-/m0/s1. The van der Waals surface area contributed by atoms with Gasteiger partial charge in [0, 0.05) is 31.1 Å². The number of hydrogen-bond acceptors (Lipinski definition) is 5. The molecular weight excluding hydrogens is 669 g/mol. The van der Waals surface area contributed by atoms with Crippen molar-refractivity contribution < 1.29 is 41.0 Å². The number of carbonyl (C=O) groups is 2. The first-order valence-corrected chi connectivity index (χ1v) is 17.5. The van der Waals surface area contributed by atoms with Crippen LogP contribution in [-0.2, 0) is 44.6 Å². The Morgan fingerprint density at radius 3 is 2.45 bits per heavy atom. The van der Waals surface area contributed by atoms with Crippen LogP contribution < -0.4 is 0 Å². The molecule has 51 heavy (non-hydrogen) atoms. The maximum Gasteiger partial charge on any atom is 0.416 e. The van der Waals surface area contributed by atoms with Gasteiger partial charge in [-0.25, -0.2) is 8.78 Å². The molecule has 7 nitrogen and oxygen atoms in total. The predicted octanol–water partition coefficient (Wildman–Crippen LogP) is 6.87. The van der Waals surface area contributed by atoms with Crippen LogP contribution >= 0.6 is 0 Å². The minimum absolute atomic E-state index is 0.0280. The zero-order valence-corrected chi connectivity index (χ0v) is 29.0. The van der Waals surface area contributed by atoms with Gasteiger partial charge in [-0.3, -0.25) is 9.59 Å². The zero-order chi connectivity index (χ0) is 36.4. The van der Waals surface area contributed by atoms with Crippen molar-refractivity contribution >= 4 is 11.8 Å². The highest BCUT2D eigenvalue weighted by molar-refractivity contribution is 5.94. The number of halogens is 5. The number of benzene rings is 3. The summed E-state index contributed by atoms with van der Waals surface area (Å²) < 4.78 is 80.9. The Kier molecular flexibility index (Phi) is 10.9. The van der Waals surface area contributed by atoms with Crippen molar-refractivity contribution in [3.63, 3.8) is 0 Å². The van der Waals surface area contributed by atoms with Crippen LogP contribution in [0.3, 0.4) is 0 Å². The predicted molar refractivity (Wildman–Crippen MR) is 181 cm³/mol. The molecule has 0 saturated carbocycles. The SMILES string of the molecule is CCCN(C)C(=O)CO[C@H]1Cc2ccccc2C12CCN(CC[C@@]1(c3ccc(F)cc3)CN(C(=O)c3cc(CF)cc(C(F)(F)F)c3)CO1)CC2. The number of amides is 2. The van der Waals surface area contributed by atoms with Gasteiger partial charge in [0.05, 0.1) is 18.2 Å². The summed E-state index contributed by atoms with van der Waals surface area (Å²) in [4.78, 5) is 31.7. The van der Waals surface area contributed by atoms with Crippen LogP contribution in [0.4, 0.5) is 22.0 Å². The number of rotatable bonds is 11. The van der Waals surface area contributed by atoms with Crippen molar-refractivity contribution in [3.8, 4) is 0 Å². The summed E-state index contributed by atoms with van der Waals surface area (Å²) in [5, 5.41) is 0. The van der Waals surface area contributed by atoms with Crippen molar-refractivity contribution in [2.75, 3.05) is 53.1 Å². The third kappa shape index (κ3) is 7.68. The number of carbonyl (C=O) groups excluding carboxylic acids is 2. The fourth-order valence-electron chi connectivity index (χ4n) is 8.01. The molecule has 2 amide bonds. The summed E-state index contributed by atoms with van der Waals surface area (Å²) in [6.45, 7) is 3.50. The van der Waals surface area contributed by atoms with Gasteiger partial charge in [-0.15, -0.1) is 0 Å². The molecule has 3 aromatic rings. The molecule has 6 rings (SSSR count). The lowest BCUT2D eigenvalue weighted by Crippen LogP contribution is -2.50. The molecule has 12 heteroatoms. The quantitative estimate of drug-likeness (QED) is 0.203. The molecule has 0 unspecified atom stereocenters. The van der Waals surface area contributed by atoms with Crippen LogP contribution in [0.15, 0.2) is 66.7 Å². The number of fused-ring (bicyclic) bond motifs is 2. The van der Waals surface area contributed by atoms with E-state index >= 15 is 0 Å². The van der Waals surface area contributed by atoms with E-state index in [1.807, 2.05) is 19.1 Å². The van der Waals surface area contributed by atoms with Crippen LogP contribution in [-0.4, -0.2) is 85.7 Å². The van der Waals surface area contributed by atoms with Crippen molar-refractivity contribution in [3.05, 3.63) is 106 Å². The zero-order valence-electron chi connectivity index (χ0n) is 29.0. The Balaban J connectivity index is 1.17. The van der Waals surface area contributed by atoms with Crippen molar-refractivity contribution in [1.82, 2.24) is 14.7 Å². The molecule has 2 aliphatic heterocycles. The van der Waals surface area contributed by atoms with Gasteiger partial charge in [-0.05, 0) is 97.8 Å². The lowest BCUT2D eigenvalue weighted by atomic mass is 9.72. The third-order valence-electron chi connectivity index (χ3n) is 10.9. The summed E-state index contributed by atoms with van der Waals surface area (Å²) >= 11 is 0.